The van der Waals surface area contributed by atoms with Gasteiger partial charge in [0.05, 0.1) is 11.1 Å². The summed E-state index contributed by atoms with van der Waals surface area (Å²) in [5.74, 6) is 2.83. The Hall–Kier alpha value is -0.810. The van der Waals surface area contributed by atoms with E-state index in [9.17, 15) is 0 Å². The maximum Gasteiger partial charge on any atom is 0.142 e. The third-order valence-electron chi connectivity index (χ3n) is 2.99. The summed E-state index contributed by atoms with van der Waals surface area (Å²) in [4.78, 5) is 10.4. The van der Waals surface area contributed by atoms with Crippen molar-refractivity contribution in [2.75, 3.05) is 11.9 Å². The average Bonchev–Trinajstić information content (AvgIpc) is 2.90. The zero-order valence-electron chi connectivity index (χ0n) is 11.8. The fourth-order valence-corrected chi connectivity index (χ4v) is 3.26. The van der Waals surface area contributed by atoms with E-state index in [-0.39, 0.29) is 0 Å². The Balaban J connectivity index is 2.19. The van der Waals surface area contributed by atoms with Crippen LogP contribution in [0.15, 0.2) is 11.4 Å². The molecule has 19 heavy (non-hydrogen) atoms. The van der Waals surface area contributed by atoms with E-state index in [1.54, 1.807) is 11.3 Å². The molecule has 0 aliphatic carbocycles. The average molecular weight is 295 g/mol. The number of hydrogen-bond donors (Lipinski definition) is 1. The zero-order chi connectivity index (χ0) is 13.7. The Morgan fingerprint density at radius 2 is 2.21 bits per heavy atom. The number of anilines is 1. The van der Waals surface area contributed by atoms with Gasteiger partial charge in [-0.1, -0.05) is 20.8 Å². The molecule has 0 aromatic carbocycles. The summed E-state index contributed by atoms with van der Waals surface area (Å²) in [6, 6.07) is 2.10. The SMILES string of the molecule is CCCNc1nc(CSC(C)CC)nc2sccc12. The van der Waals surface area contributed by atoms with Crippen LogP contribution in [0, 0.1) is 0 Å². The third-order valence-corrected chi connectivity index (χ3v) is 5.12. The number of hydrogen-bond acceptors (Lipinski definition) is 5. The van der Waals surface area contributed by atoms with Gasteiger partial charge in [0.25, 0.3) is 0 Å². The van der Waals surface area contributed by atoms with Gasteiger partial charge in [-0.3, -0.25) is 0 Å². The molecule has 0 radical (unpaired) electrons. The second-order valence-electron chi connectivity index (χ2n) is 4.58. The molecular weight excluding hydrogens is 274 g/mol. The number of nitrogens with zero attached hydrogens (tertiary/aromatic N) is 2. The fourth-order valence-electron chi connectivity index (χ4n) is 1.68. The maximum atomic E-state index is 4.68. The summed E-state index contributed by atoms with van der Waals surface area (Å²) in [6.07, 6.45) is 2.29. The summed E-state index contributed by atoms with van der Waals surface area (Å²) in [5, 5.41) is 7.31. The summed E-state index contributed by atoms with van der Waals surface area (Å²) >= 11 is 3.61. The summed E-state index contributed by atoms with van der Waals surface area (Å²) < 4.78 is 0. The van der Waals surface area contributed by atoms with Crippen molar-refractivity contribution >= 4 is 39.1 Å². The lowest BCUT2D eigenvalue weighted by Gasteiger charge is -2.10. The van der Waals surface area contributed by atoms with E-state index in [2.05, 4.69) is 47.5 Å². The van der Waals surface area contributed by atoms with E-state index >= 15 is 0 Å². The van der Waals surface area contributed by atoms with E-state index in [0.29, 0.717) is 5.25 Å². The molecule has 2 heterocycles. The molecule has 1 N–H and O–H groups in total. The highest BCUT2D eigenvalue weighted by Crippen LogP contribution is 2.27. The minimum Gasteiger partial charge on any atom is -0.369 e. The molecule has 0 aliphatic heterocycles. The van der Waals surface area contributed by atoms with E-state index in [1.807, 2.05) is 11.8 Å². The summed E-state index contributed by atoms with van der Waals surface area (Å²) in [5.41, 5.74) is 0. The third kappa shape index (κ3) is 3.83. The monoisotopic (exact) mass is 295 g/mol. The van der Waals surface area contributed by atoms with Crippen molar-refractivity contribution in [3.05, 3.63) is 17.3 Å². The first-order valence-corrected chi connectivity index (χ1v) is 8.77. The van der Waals surface area contributed by atoms with Gasteiger partial charge >= 0.3 is 0 Å². The van der Waals surface area contributed by atoms with Crippen LogP contribution in [0.4, 0.5) is 5.82 Å². The molecule has 2 aromatic heterocycles. The van der Waals surface area contributed by atoms with Gasteiger partial charge in [0.15, 0.2) is 0 Å². The lowest BCUT2D eigenvalue weighted by Crippen LogP contribution is -2.05. The number of rotatable bonds is 7. The highest BCUT2D eigenvalue weighted by atomic mass is 32.2. The van der Waals surface area contributed by atoms with Crippen LogP contribution in [0.25, 0.3) is 10.2 Å². The van der Waals surface area contributed by atoms with Crippen LogP contribution in [0.1, 0.15) is 39.4 Å². The van der Waals surface area contributed by atoms with E-state index < -0.39 is 0 Å². The molecule has 0 fully saturated rings. The Bertz CT molecular complexity index is 524. The van der Waals surface area contributed by atoms with Gasteiger partial charge < -0.3 is 5.32 Å². The number of thiophene rings is 1. The second kappa shape index (κ2) is 7.10. The minimum absolute atomic E-state index is 0.662. The molecule has 5 heteroatoms. The molecule has 0 saturated carbocycles. The first-order chi connectivity index (χ1) is 9.24. The Kier molecular flexibility index (Phi) is 5.45. The number of thioether (sulfide) groups is 1. The van der Waals surface area contributed by atoms with Crippen LogP contribution in [0.2, 0.25) is 0 Å². The van der Waals surface area contributed by atoms with Crippen molar-refractivity contribution in [1.82, 2.24) is 9.97 Å². The molecule has 0 amide bonds. The van der Waals surface area contributed by atoms with Crippen molar-refractivity contribution < 1.29 is 0 Å². The Labute approximate surface area is 123 Å². The quantitative estimate of drug-likeness (QED) is 0.813. The van der Waals surface area contributed by atoms with Crippen molar-refractivity contribution in [1.29, 1.82) is 0 Å². The van der Waals surface area contributed by atoms with Gasteiger partial charge in [0, 0.05) is 11.8 Å². The van der Waals surface area contributed by atoms with Gasteiger partial charge in [-0.25, -0.2) is 9.97 Å². The molecular formula is C14H21N3S2. The van der Waals surface area contributed by atoms with Crippen LogP contribution in [-0.4, -0.2) is 21.8 Å². The van der Waals surface area contributed by atoms with Gasteiger partial charge in [0.1, 0.15) is 16.5 Å². The topological polar surface area (TPSA) is 37.8 Å². The van der Waals surface area contributed by atoms with Crippen LogP contribution in [0.5, 0.6) is 0 Å². The van der Waals surface area contributed by atoms with Crippen molar-refractivity contribution in [2.45, 2.75) is 44.6 Å². The first-order valence-electron chi connectivity index (χ1n) is 6.84. The first kappa shape index (κ1) is 14.6. The van der Waals surface area contributed by atoms with Crippen molar-refractivity contribution in [2.24, 2.45) is 0 Å². The van der Waals surface area contributed by atoms with Gasteiger partial charge in [-0.05, 0) is 24.3 Å². The lowest BCUT2D eigenvalue weighted by atomic mass is 10.3. The molecule has 1 unspecified atom stereocenters. The van der Waals surface area contributed by atoms with Crippen LogP contribution in [-0.2, 0) is 5.75 Å². The number of fused-ring (bicyclic) bond motifs is 1. The molecule has 2 rings (SSSR count). The summed E-state index contributed by atoms with van der Waals surface area (Å²) in [6.45, 7) is 7.60. The predicted octanol–water partition coefficient (Wildman–Crippen LogP) is 4.54. The van der Waals surface area contributed by atoms with Crippen LogP contribution in [0.3, 0.4) is 0 Å². The standard InChI is InChI=1S/C14H21N3S2/c1-4-7-15-13-11-6-8-18-14(11)17-12(16-13)9-19-10(3)5-2/h6,8,10H,4-5,7,9H2,1-3H3,(H,15,16,17). The van der Waals surface area contributed by atoms with Gasteiger partial charge in [-0.15, -0.1) is 11.3 Å². The van der Waals surface area contributed by atoms with E-state index in [0.717, 1.165) is 40.6 Å². The predicted molar refractivity (Wildman–Crippen MR) is 87.2 cm³/mol. The molecule has 0 bridgehead atoms. The Morgan fingerprint density at radius 3 is 2.95 bits per heavy atom. The number of aromatic nitrogens is 2. The smallest absolute Gasteiger partial charge is 0.142 e. The zero-order valence-corrected chi connectivity index (χ0v) is 13.4. The number of nitrogens with one attached hydrogen (secondary N) is 1. The molecule has 2 aromatic rings. The minimum atomic E-state index is 0.662. The van der Waals surface area contributed by atoms with Crippen molar-refractivity contribution in [3.63, 3.8) is 0 Å². The van der Waals surface area contributed by atoms with E-state index in [1.165, 1.54) is 6.42 Å². The molecule has 104 valence electrons. The molecule has 0 spiro atoms. The Morgan fingerprint density at radius 1 is 1.37 bits per heavy atom. The maximum absolute atomic E-state index is 4.68. The van der Waals surface area contributed by atoms with Crippen molar-refractivity contribution in [3.8, 4) is 0 Å². The highest BCUT2D eigenvalue weighted by Gasteiger charge is 2.09. The largest absolute Gasteiger partial charge is 0.369 e. The van der Waals surface area contributed by atoms with Crippen LogP contribution < -0.4 is 5.32 Å². The molecule has 0 aliphatic rings. The summed E-state index contributed by atoms with van der Waals surface area (Å²) in [7, 11) is 0. The molecule has 0 saturated heterocycles. The molecule has 3 nitrogen and oxygen atoms in total. The van der Waals surface area contributed by atoms with Gasteiger partial charge in [-0.2, -0.15) is 11.8 Å². The van der Waals surface area contributed by atoms with Crippen LogP contribution >= 0.6 is 23.1 Å². The molecule has 1 atom stereocenters. The normalized spacial score (nSPS) is 12.8. The van der Waals surface area contributed by atoms with E-state index in [4.69, 9.17) is 0 Å². The fraction of sp³-hybridized carbons (Fsp3) is 0.571. The van der Waals surface area contributed by atoms with Gasteiger partial charge in [0.2, 0.25) is 0 Å². The second-order valence-corrected chi connectivity index (χ2v) is 6.91. The lowest BCUT2D eigenvalue weighted by molar-refractivity contribution is 0.901. The highest BCUT2D eigenvalue weighted by molar-refractivity contribution is 7.99.